The van der Waals surface area contributed by atoms with Crippen molar-refractivity contribution in [1.82, 2.24) is 0 Å². The Morgan fingerprint density at radius 3 is 1.42 bits per heavy atom. The van der Waals surface area contributed by atoms with Crippen LogP contribution in [0.1, 0.15) is 0 Å². The van der Waals surface area contributed by atoms with Gasteiger partial charge in [-0.1, -0.05) is 0 Å². The molecule has 0 amide bonds. The Morgan fingerprint density at radius 2 is 1.42 bits per heavy atom. The number of alkyl halides is 6. The van der Waals surface area contributed by atoms with E-state index in [1.165, 1.54) is 0 Å². The van der Waals surface area contributed by atoms with Gasteiger partial charge >= 0.3 is 12.0 Å². The second kappa shape index (κ2) is 5.23. The van der Waals surface area contributed by atoms with Gasteiger partial charge in [0, 0.05) is 7.11 Å². The van der Waals surface area contributed by atoms with E-state index in [0.29, 0.717) is 14.3 Å². The summed E-state index contributed by atoms with van der Waals surface area (Å²) in [6, 6.07) is 0. The van der Waals surface area contributed by atoms with E-state index in [2.05, 4.69) is 4.74 Å². The van der Waals surface area contributed by atoms with Crippen LogP contribution in [0.3, 0.4) is 0 Å². The van der Waals surface area contributed by atoms with Crippen molar-refractivity contribution >= 4 is 0 Å². The third kappa shape index (κ3) is 3.29. The molecule has 12 heavy (non-hydrogen) atoms. The number of hydrogen-bond acceptors (Lipinski definition) is 1. The molecule has 76 valence electrons. The highest BCUT2D eigenvalue weighted by molar-refractivity contribution is 4.75. The maximum atomic E-state index is 12.0. The molecule has 0 saturated heterocycles. The van der Waals surface area contributed by atoms with Crippen LogP contribution in [-0.4, -0.2) is 33.0 Å². The maximum absolute atomic E-state index is 12.0. The van der Waals surface area contributed by atoms with Crippen LogP contribution in [0.25, 0.3) is 0 Å². The first-order valence-corrected chi connectivity index (χ1v) is 2.62. The van der Waals surface area contributed by atoms with Gasteiger partial charge in [0.05, 0.1) is 7.18 Å². The molecular formula is C5H8F6O. The monoisotopic (exact) mass is 198 g/mol. The van der Waals surface area contributed by atoms with Gasteiger partial charge in [0.1, 0.15) is 0 Å². The Labute approximate surface area is 65.3 Å². The maximum Gasteiger partial charge on any atom is 0.451 e. The highest BCUT2D eigenvalue weighted by Crippen LogP contribution is 2.34. The predicted molar refractivity (Wildman–Crippen MR) is 29.9 cm³/mol. The van der Waals surface area contributed by atoms with Crippen LogP contribution in [0.2, 0.25) is 0 Å². The van der Waals surface area contributed by atoms with Gasteiger partial charge in [-0.05, 0) is 0 Å². The van der Waals surface area contributed by atoms with Crippen LogP contribution in [-0.2, 0) is 4.74 Å². The summed E-state index contributed by atoms with van der Waals surface area (Å²) in [7, 11) is 0.951. The van der Waals surface area contributed by atoms with E-state index >= 15 is 0 Å². The zero-order valence-electron chi connectivity index (χ0n) is 6.38. The molecule has 0 aromatic carbocycles. The van der Waals surface area contributed by atoms with Gasteiger partial charge < -0.3 is 4.74 Å². The molecule has 7 heteroatoms. The summed E-state index contributed by atoms with van der Waals surface area (Å²) in [5.41, 5.74) is 0. The lowest BCUT2D eigenvalue weighted by atomic mass is 10.3. The fraction of sp³-hybridized carbons (Fsp3) is 1.00. The summed E-state index contributed by atoms with van der Waals surface area (Å²) in [5, 5.41) is 0. The Balaban J connectivity index is 0. The molecule has 0 aromatic heterocycles. The Hall–Kier alpha value is -0.460. The molecule has 0 aliphatic rings. The van der Waals surface area contributed by atoms with Gasteiger partial charge in [-0.3, -0.25) is 4.39 Å². The van der Waals surface area contributed by atoms with Crippen LogP contribution in [0.4, 0.5) is 26.3 Å². The lowest BCUT2D eigenvalue weighted by Crippen LogP contribution is -2.44. The number of rotatable bonds is 2. The zero-order valence-corrected chi connectivity index (χ0v) is 6.38. The van der Waals surface area contributed by atoms with E-state index in [1.54, 1.807) is 0 Å². The number of halogens is 6. The molecule has 1 unspecified atom stereocenters. The quantitative estimate of drug-likeness (QED) is 0.619. The standard InChI is InChI=1S/C4H5F5O.CH3F/c1-10-3(6,2-5)4(7,8)9;1-2/h2H2,1H3;1H3. The number of methoxy groups -OCH3 is 1. The molecule has 0 aliphatic heterocycles. The van der Waals surface area contributed by atoms with Gasteiger partial charge in [0.25, 0.3) is 0 Å². The van der Waals surface area contributed by atoms with Crippen molar-refractivity contribution in [3.05, 3.63) is 0 Å². The van der Waals surface area contributed by atoms with Gasteiger partial charge in [-0.25, -0.2) is 4.39 Å². The third-order valence-corrected chi connectivity index (χ3v) is 0.919. The summed E-state index contributed by atoms with van der Waals surface area (Å²) in [6.07, 6.45) is -5.31. The van der Waals surface area contributed by atoms with Crippen LogP contribution in [0.5, 0.6) is 0 Å². The first kappa shape index (κ1) is 14.1. The summed E-state index contributed by atoms with van der Waals surface area (Å²) in [6.45, 7) is -2.23. The summed E-state index contributed by atoms with van der Waals surface area (Å²) >= 11 is 0. The van der Waals surface area contributed by atoms with E-state index < -0.39 is 18.7 Å². The van der Waals surface area contributed by atoms with Crippen molar-refractivity contribution in [2.45, 2.75) is 12.0 Å². The molecule has 0 radical (unpaired) electrons. The van der Waals surface area contributed by atoms with Crippen molar-refractivity contribution < 1.29 is 31.1 Å². The van der Waals surface area contributed by atoms with E-state index in [4.69, 9.17) is 0 Å². The normalized spacial score (nSPS) is 16.0. The van der Waals surface area contributed by atoms with E-state index in [-0.39, 0.29) is 0 Å². The zero-order chi connectivity index (χ0) is 10.4. The summed E-state index contributed by atoms with van der Waals surface area (Å²) in [5.74, 6) is -4.15. The average molecular weight is 198 g/mol. The van der Waals surface area contributed by atoms with Gasteiger partial charge in [0.2, 0.25) is 0 Å². The predicted octanol–water partition coefficient (Wildman–Crippen LogP) is 2.42. The van der Waals surface area contributed by atoms with Crippen molar-refractivity contribution in [2.24, 2.45) is 0 Å². The molecular weight excluding hydrogens is 190 g/mol. The fourth-order valence-corrected chi connectivity index (χ4v) is 0.246. The van der Waals surface area contributed by atoms with Crippen molar-refractivity contribution in [3.8, 4) is 0 Å². The molecule has 0 aliphatic carbocycles. The molecule has 0 aromatic rings. The lowest BCUT2D eigenvalue weighted by Gasteiger charge is -2.22. The molecule has 0 bridgehead atoms. The summed E-state index contributed by atoms with van der Waals surface area (Å²) < 4.78 is 70.2. The SMILES string of the molecule is CF.COC(F)(CF)C(F)(F)F. The second-order valence-electron chi connectivity index (χ2n) is 1.56. The average Bonchev–Trinajstić information content (AvgIpc) is 2.05. The molecule has 0 fully saturated rings. The van der Waals surface area contributed by atoms with Crippen molar-refractivity contribution in [1.29, 1.82) is 0 Å². The molecule has 0 spiro atoms. The van der Waals surface area contributed by atoms with Gasteiger partial charge in [0.15, 0.2) is 6.67 Å². The van der Waals surface area contributed by atoms with Crippen LogP contribution in [0, 0.1) is 0 Å². The molecule has 1 nitrogen and oxygen atoms in total. The molecule has 0 rings (SSSR count). The minimum Gasteiger partial charge on any atom is -0.340 e. The lowest BCUT2D eigenvalue weighted by molar-refractivity contribution is -0.328. The highest BCUT2D eigenvalue weighted by atomic mass is 19.4. The number of ether oxygens (including phenoxy) is 1. The third-order valence-electron chi connectivity index (χ3n) is 0.919. The Kier molecular flexibility index (Phi) is 6.14. The van der Waals surface area contributed by atoms with Crippen molar-refractivity contribution in [2.75, 3.05) is 21.0 Å². The highest BCUT2D eigenvalue weighted by Gasteiger charge is 2.57. The molecule has 1 atom stereocenters. The first-order chi connectivity index (χ1) is 5.37. The van der Waals surface area contributed by atoms with Gasteiger partial charge in [-0.2, -0.15) is 17.6 Å². The van der Waals surface area contributed by atoms with E-state index in [9.17, 15) is 26.3 Å². The molecule has 0 N–H and O–H groups in total. The minimum atomic E-state index is -5.31. The smallest absolute Gasteiger partial charge is 0.340 e. The first-order valence-electron chi connectivity index (χ1n) is 2.62. The number of hydrogen-bond donors (Lipinski definition) is 0. The second-order valence-corrected chi connectivity index (χ2v) is 1.56. The summed E-state index contributed by atoms with van der Waals surface area (Å²) in [4.78, 5) is 0. The largest absolute Gasteiger partial charge is 0.451 e. The Morgan fingerprint density at radius 1 is 1.08 bits per heavy atom. The van der Waals surface area contributed by atoms with E-state index in [0.717, 1.165) is 0 Å². The fourth-order valence-electron chi connectivity index (χ4n) is 0.246. The van der Waals surface area contributed by atoms with Gasteiger partial charge in [-0.15, -0.1) is 0 Å². The minimum absolute atomic E-state index is 0.451. The van der Waals surface area contributed by atoms with Crippen molar-refractivity contribution in [3.63, 3.8) is 0 Å². The topological polar surface area (TPSA) is 9.23 Å². The molecule has 0 heterocycles. The van der Waals surface area contributed by atoms with Crippen LogP contribution in [0.15, 0.2) is 0 Å². The van der Waals surface area contributed by atoms with E-state index in [1.807, 2.05) is 0 Å². The van der Waals surface area contributed by atoms with Crippen LogP contribution < -0.4 is 0 Å². The molecule has 0 saturated carbocycles. The Bertz CT molecular complexity index is 107. The van der Waals surface area contributed by atoms with Crippen LogP contribution >= 0.6 is 0 Å².